The summed E-state index contributed by atoms with van der Waals surface area (Å²) in [4.78, 5) is 12.2. The highest BCUT2D eigenvalue weighted by Gasteiger charge is 2.23. The summed E-state index contributed by atoms with van der Waals surface area (Å²) in [6, 6.07) is 5.15. The molecule has 9 heteroatoms. The molecule has 0 saturated carbocycles. The van der Waals surface area contributed by atoms with E-state index in [-0.39, 0.29) is 28.2 Å². The van der Waals surface area contributed by atoms with E-state index in [0.717, 1.165) is 11.3 Å². The van der Waals surface area contributed by atoms with Crippen molar-refractivity contribution >= 4 is 27.3 Å². The third kappa shape index (κ3) is 3.52. The normalized spacial score (nSPS) is 17.2. The van der Waals surface area contributed by atoms with Gasteiger partial charge in [-0.2, -0.15) is 0 Å². The van der Waals surface area contributed by atoms with Crippen LogP contribution >= 0.6 is 11.3 Å². The van der Waals surface area contributed by atoms with Gasteiger partial charge < -0.3 is 10.1 Å². The van der Waals surface area contributed by atoms with Gasteiger partial charge >= 0.3 is 0 Å². The van der Waals surface area contributed by atoms with E-state index in [0.29, 0.717) is 17.7 Å². The Morgan fingerprint density at radius 3 is 2.87 bits per heavy atom. The molecule has 0 bridgehead atoms. The zero-order chi connectivity index (χ0) is 16.6. The van der Waals surface area contributed by atoms with Gasteiger partial charge in [0.1, 0.15) is 22.4 Å². The molecule has 1 aliphatic heterocycles. The maximum absolute atomic E-state index is 13.3. The Bertz CT molecular complexity index is 863. The summed E-state index contributed by atoms with van der Waals surface area (Å²) in [5.41, 5.74) is 0.890. The minimum Gasteiger partial charge on any atom is -0.491 e. The third-order valence-electron chi connectivity index (χ3n) is 3.38. The lowest BCUT2D eigenvalue weighted by Crippen LogP contribution is -2.42. The van der Waals surface area contributed by atoms with Gasteiger partial charge in [-0.15, -0.1) is 11.3 Å². The van der Waals surface area contributed by atoms with E-state index in [4.69, 9.17) is 9.88 Å². The van der Waals surface area contributed by atoms with Crippen LogP contribution in [-0.4, -0.2) is 27.0 Å². The number of carbonyl (C=O) groups excluding carboxylic acids is 1. The molecular formula is C14H13FN2O4S2. The average Bonchev–Trinajstić information content (AvgIpc) is 2.96. The van der Waals surface area contributed by atoms with Crippen molar-refractivity contribution in [3.63, 3.8) is 0 Å². The van der Waals surface area contributed by atoms with E-state index in [1.807, 2.05) is 0 Å². The van der Waals surface area contributed by atoms with E-state index in [1.165, 1.54) is 23.6 Å². The van der Waals surface area contributed by atoms with Crippen LogP contribution < -0.4 is 15.2 Å². The van der Waals surface area contributed by atoms with Gasteiger partial charge in [0.05, 0.1) is 11.6 Å². The minimum absolute atomic E-state index is 0.0741. The molecule has 0 fully saturated rings. The lowest BCUT2D eigenvalue weighted by atomic mass is 10.0. The van der Waals surface area contributed by atoms with Crippen LogP contribution in [0.5, 0.6) is 5.75 Å². The Balaban J connectivity index is 1.70. The first-order chi connectivity index (χ1) is 10.8. The number of hydrogen-bond donors (Lipinski definition) is 2. The molecule has 0 radical (unpaired) electrons. The second-order valence-corrected chi connectivity index (χ2v) is 7.84. The smallest absolute Gasteiger partial charge is 0.252 e. The molecule has 1 atom stereocenters. The van der Waals surface area contributed by atoms with Gasteiger partial charge in [0, 0.05) is 5.38 Å². The molecule has 6 nitrogen and oxygen atoms in total. The summed E-state index contributed by atoms with van der Waals surface area (Å²) in [6.07, 6.45) is 0.436. The number of primary sulfonamides is 1. The van der Waals surface area contributed by atoms with E-state index in [9.17, 15) is 17.6 Å². The Hall–Kier alpha value is -1.97. The Labute approximate surface area is 136 Å². The first-order valence-electron chi connectivity index (χ1n) is 6.66. The van der Waals surface area contributed by atoms with Crippen LogP contribution in [0.3, 0.4) is 0 Å². The molecule has 3 rings (SSSR count). The standard InChI is InChI=1S/C14H13FN2O4S2/c15-10-1-2-12-8(3-10)4-11(6-21-12)17-14(18)9-5-13(22-7-9)23(16,19)20/h1-3,5,7,11H,4,6H2,(H,17,18)(H2,16,19,20). The van der Waals surface area contributed by atoms with Crippen molar-refractivity contribution in [3.8, 4) is 5.75 Å². The first-order valence-corrected chi connectivity index (χ1v) is 9.09. The Kier molecular flexibility index (Phi) is 4.09. The fraction of sp³-hybridized carbons (Fsp3) is 0.214. The number of benzene rings is 1. The average molecular weight is 356 g/mol. The van der Waals surface area contributed by atoms with Gasteiger partial charge in [-0.25, -0.2) is 17.9 Å². The van der Waals surface area contributed by atoms with Crippen LogP contribution in [0.4, 0.5) is 4.39 Å². The Morgan fingerprint density at radius 1 is 1.39 bits per heavy atom. The molecule has 2 heterocycles. The van der Waals surface area contributed by atoms with Crippen molar-refractivity contribution in [1.29, 1.82) is 0 Å². The van der Waals surface area contributed by atoms with Crippen molar-refractivity contribution in [2.24, 2.45) is 5.14 Å². The van der Waals surface area contributed by atoms with Crippen molar-refractivity contribution in [2.45, 2.75) is 16.7 Å². The second kappa shape index (κ2) is 5.91. The van der Waals surface area contributed by atoms with Crippen LogP contribution in [0.25, 0.3) is 0 Å². The number of halogens is 1. The molecule has 1 unspecified atom stereocenters. The van der Waals surface area contributed by atoms with Gasteiger partial charge in [0.25, 0.3) is 5.91 Å². The Morgan fingerprint density at radius 2 is 2.17 bits per heavy atom. The summed E-state index contributed by atoms with van der Waals surface area (Å²) in [5, 5.41) is 9.19. The number of hydrogen-bond acceptors (Lipinski definition) is 5. The molecule has 23 heavy (non-hydrogen) atoms. The lowest BCUT2D eigenvalue weighted by molar-refractivity contribution is 0.0915. The summed E-state index contributed by atoms with van der Waals surface area (Å²) in [5.74, 6) is -0.191. The predicted octanol–water partition coefficient (Wildman–Crippen LogP) is 1.27. The van der Waals surface area contributed by atoms with E-state index < -0.39 is 15.9 Å². The summed E-state index contributed by atoms with van der Waals surface area (Å²) in [7, 11) is -3.82. The third-order valence-corrected chi connectivity index (χ3v) is 5.77. The largest absolute Gasteiger partial charge is 0.491 e. The predicted molar refractivity (Wildman–Crippen MR) is 82.5 cm³/mol. The molecule has 3 N–H and O–H groups in total. The minimum atomic E-state index is -3.82. The van der Waals surface area contributed by atoms with E-state index in [1.54, 1.807) is 6.07 Å². The number of nitrogens with two attached hydrogens (primary N) is 1. The first kappa shape index (κ1) is 15.9. The van der Waals surface area contributed by atoms with E-state index in [2.05, 4.69) is 5.32 Å². The molecule has 0 saturated heterocycles. The van der Waals surface area contributed by atoms with Crippen molar-refractivity contribution < 1.29 is 22.3 Å². The van der Waals surface area contributed by atoms with Crippen LogP contribution in [0.2, 0.25) is 0 Å². The number of ether oxygens (including phenoxy) is 1. The van der Waals surface area contributed by atoms with Gasteiger partial charge in [-0.05, 0) is 36.2 Å². The molecule has 1 aromatic heterocycles. The SMILES string of the molecule is NS(=O)(=O)c1cc(C(=O)NC2COc3ccc(F)cc3C2)cs1. The molecule has 1 aromatic carbocycles. The van der Waals surface area contributed by atoms with Crippen LogP contribution in [-0.2, 0) is 16.4 Å². The van der Waals surface area contributed by atoms with Crippen molar-refractivity contribution in [2.75, 3.05) is 6.61 Å². The maximum atomic E-state index is 13.3. The van der Waals surface area contributed by atoms with Crippen LogP contribution in [0.1, 0.15) is 15.9 Å². The molecule has 1 aliphatic rings. The highest BCUT2D eigenvalue weighted by molar-refractivity contribution is 7.91. The summed E-state index contributed by atoms with van der Waals surface area (Å²) in [6.45, 7) is 0.260. The monoisotopic (exact) mass is 356 g/mol. The number of fused-ring (bicyclic) bond motifs is 1. The highest BCUT2D eigenvalue weighted by atomic mass is 32.2. The maximum Gasteiger partial charge on any atom is 0.252 e. The van der Waals surface area contributed by atoms with Gasteiger partial charge in [0.15, 0.2) is 0 Å². The van der Waals surface area contributed by atoms with Crippen molar-refractivity contribution in [3.05, 3.63) is 46.6 Å². The van der Waals surface area contributed by atoms with Crippen LogP contribution in [0, 0.1) is 5.82 Å². The zero-order valence-electron chi connectivity index (χ0n) is 11.8. The van der Waals surface area contributed by atoms with Gasteiger partial charge in [-0.3, -0.25) is 4.79 Å². The number of carbonyl (C=O) groups is 1. The molecular weight excluding hydrogens is 343 g/mol. The highest BCUT2D eigenvalue weighted by Crippen LogP contribution is 2.25. The number of rotatable bonds is 3. The zero-order valence-corrected chi connectivity index (χ0v) is 13.4. The van der Waals surface area contributed by atoms with Gasteiger partial charge in [-0.1, -0.05) is 0 Å². The quantitative estimate of drug-likeness (QED) is 0.865. The number of thiophene rings is 1. The molecule has 122 valence electrons. The topological polar surface area (TPSA) is 98.5 Å². The number of nitrogens with one attached hydrogen (secondary N) is 1. The molecule has 2 aromatic rings. The summed E-state index contributed by atoms with van der Waals surface area (Å²) >= 11 is 0.883. The van der Waals surface area contributed by atoms with Crippen molar-refractivity contribution in [1.82, 2.24) is 5.32 Å². The second-order valence-electron chi connectivity index (χ2n) is 5.14. The molecule has 0 spiro atoms. The number of sulfonamides is 1. The lowest BCUT2D eigenvalue weighted by Gasteiger charge is -2.26. The van der Waals surface area contributed by atoms with Crippen LogP contribution in [0.15, 0.2) is 33.9 Å². The fourth-order valence-electron chi connectivity index (χ4n) is 2.31. The number of amides is 1. The molecule has 0 aliphatic carbocycles. The van der Waals surface area contributed by atoms with E-state index >= 15 is 0 Å². The fourth-order valence-corrected chi connectivity index (χ4v) is 3.89. The van der Waals surface area contributed by atoms with Gasteiger partial charge in [0.2, 0.25) is 10.0 Å². The molecule has 1 amide bonds. The summed E-state index contributed by atoms with van der Waals surface area (Å²) < 4.78 is 41.1.